The van der Waals surface area contributed by atoms with E-state index in [0.717, 1.165) is 19.3 Å². The molecule has 0 amide bonds. The van der Waals surface area contributed by atoms with Crippen LogP contribution in [-0.2, 0) is 0 Å². The average molecular weight is 276 g/mol. The Morgan fingerprint density at radius 3 is 2.20 bits per heavy atom. The average Bonchev–Trinajstić information content (AvgIpc) is 1.94. The van der Waals surface area contributed by atoms with Crippen molar-refractivity contribution in [1.82, 2.24) is 0 Å². The molecule has 0 radical (unpaired) electrons. The van der Waals surface area contributed by atoms with Gasteiger partial charge in [-0.2, -0.15) is 0 Å². The first-order valence-corrected chi connectivity index (χ1v) is 6.27. The molecule has 84 valence electrons. The van der Waals surface area contributed by atoms with Crippen molar-refractivity contribution in [1.29, 1.82) is 0 Å². The lowest BCUT2D eigenvalue weighted by Gasteiger charge is -2.58. The van der Waals surface area contributed by atoms with Crippen LogP contribution in [0.5, 0.6) is 0 Å². The summed E-state index contributed by atoms with van der Waals surface area (Å²) in [6.07, 6.45) is 4.13. The molecule has 0 aromatic rings. The number of hydrogen-bond donors (Lipinski definition) is 1. The molecule has 5 heteroatoms. The van der Waals surface area contributed by atoms with Crippen LogP contribution in [0, 0.1) is 22.0 Å². The molecule has 0 heterocycles. The first-order chi connectivity index (χ1) is 6.93. The van der Waals surface area contributed by atoms with Gasteiger partial charge < -0.3 is 5.11 Å². The van der Waals surface area contributed by atoms with Gasteiger partial charge in [-0.3, -0.25) is 10.1 Å². The fraction of sp³-hybridized carbons (Fsp3) is 1.00. The fourth-order valence-corrected chi connectivity index (χ4v) is 5.90. The summed E-state index contributed by atoms with van der Waals surface area (Å²) in [5.74, 6) is 0.969. The third-order valence-electron chi connectivity index (χ3n) is 4.42. The van der Waals surface area contributed by atoms with Crippen molar-refractivity contribution in [2.24, 2.45) is 11.8 Å². The van der Waals surface area contributed by atoms with Gasteiger partial charge in [0.05, 0.1) is 4.32 Å². The summed E-state index contributed by atoms with van der Waals surface area (Å²) < 4.78 is -0.435. The summed E-state index contributed by atoms with van der Waals surface area (Å²) in [7, 11) is 0. The molecule has 15 heavy (non-hydrogen) atoms. The van der Waals surface area contributed by atoms with E-state index in [-0.39, 0.29) is 4.92 Å². The maximum atomic E-state index is 11.1. The largest absolute Gasteiger partial charge is 0.383 e. The molecular formula is C10H14BrNO3. The number of nitrogens with zero attached hydrogens (tertiary/aromatic N) is 1. The van der Waals surface area contributed by atoms with Crippen molar-refractivity contribution < 1.29 is 10.0 Å². The minimum absolute atomic E-state index is 0.271. The topological polar surface area (TPSA) is 63.4 Å². The molecule has 4 aliphatic rings. The Morgan fingerprint density at radius 1 is 1.27 bits per heavy atom. The van der Waals surface area contributed by atoms with Crippen molar-refractivity contribution in [3.05, 3.63) is 10.1 Å². The van der Waals surface area contributed by atoms with Gasteiger partial charge in [0, 0.05) is 4.92 Å². The number of alkyl halides is 1. The van der Waals surface area contributed by atoms with E-state index in [1.165, 1.54) is 0 Å². The maximum Gasteiger partial charge on any atom is 0.256 e. The standard InChI is InChI=1S/C10H14BrNO3/c11-9-2-6-1-7(3-9)5-10(13,4-6)8(9)12(14)15/h6-8,13H,1-5H2/t6-,7+,8-,9?,10?/m0/s1. The Bertz CT molecular complexity index is 297. The van der Waals surface area contributed by atoms with Crippen LogP contribution in [0.15, 0.2) is 0 Å². The summed E-state index contributed by atoms with van der Waals surface area (Å²) in [6, 6.07) is -0.808. The van der Waals surface area contributed by atoms with Gasteiger partial charge in [0.25, 0.3) is 6.04 Å². The smallest absolute Gasteiger partial charge is 0.256 e. The third kappa shape index (κ3) is 1.22. The zero-order valence-corrected chi connectivity index (χ0v) is 9.94. The highest BCUT2D eigenvalue weighted by Gasteiger charge is 2.68. The summed E-state index contributed by atoms with van der Waals surface area (Å²) in [4.78, 5) is 10.8. The zero-order valence-electron chi connectivity index (χ0n) is 8.36. The van der Waals surface area contributed by atoms with Gasteiger partial charge in [0.15, 0.2) is 0 Å². The van der Waals surface area contributed by atoms with E-state index >= 15 is 0 Å². The van der Waals surface area contributed by atoms with Crippen molar-refractivity contribution in [3.8, 4) is 0 Å². The van der Waals surface area contributed by atoms with E-state index in [2.05, 4.69) is 15.9 Å². The van der Waals surface area contributed by atoms with Crippen molar-refractivity contribution in [2.75, 3.05) is 0 Å². The normalized spacial score (nSPS) is 57.1. The van der Waals surface area contributed by atoms with E-state index in [1.807, 2.05) is 0 Å². The number of hydrogen-bond acceptors (Lipinski definition) is 3. The molecule has 0 saturated heterocycles. The first kappa shape index (κ1) is 10.0. The van der Waals surface area contributed by atoms with Crippen LogP contribution < -0.4 is 0 Å². The second-order valence-corrected chi connectivity index (χ2v) is 7.19. The molecule has 4 fully saturated rings. The van der Waals surface area contributed by atoms with Gasteiger partial charge in [-0.25, -0.2) is 0 Å². The van der Waals surface area contributed by atoms with Gasteiger partial charge in [-0.15, -0.1) is 0 Å². The summed E-state index contributed by atoms with van der Waals surface area (Å²) >= 11 is 3.56. The Morgan fingerprint density at radius 2 is 1.80 bits per heavy atom. The van der Waals surface area contributed by atoms with Gasteiger partial charge in [-0.1, -0.05) is 15.9 Å². The SMILES string of the molecule is O=[N+]([O-])[C@@H]1C2(O)C[C@H]3C[C@@H](C2)CC1(Br)C3. The van der Waals surface area contributed by atoms with E-state index in [4.69, 9.17) is 0 Å². The van der Waals surface area contributed by atoms with Crippen molar-refractivity contribution >= 4 is 15.9 Å². The van der Waals surface area contributed by atoms with Crippen LogP contribution in [0.25, 0.3) is 0 Å². The lowest BCUT2D eigenvalue weighted by molar-refractivity contribution is -0.563. The summed E-state index contributed by atoms with van der Waals surface area (Å²) in [5.41, 5.74) is -1.04. The number of nitro groups is 1. The van der Waals surface area contributed by atoms with Crippen molar-refractivity contribution in [3.63, 3.8) is 0 Å². The summed E-state index contributed by atoms with van der Waals surface area (Å²) in [5, 5.41) is 21.5. The van der Waals surface area contributed by atoms with Gasteiger partial charge >= 0.3 is 0 Å². The number of rotatable bonds is 1. The molecular weight excluding hydrogens is 262 g/mol. The Hall–Kier alpha value is -0.160. The van der Waals surface area contributed by atoms with Crippen LogP contribution in [0.4, 0.5) is 0 Å². The quantitative estimate of drug-likeness (QED) is 0.450. The molecule has 4 nitrogen and oxygen atoms in total. The van der Waals surface area contributed by atoms with E-state index < -0.39 is 16.0 Å². The fourth-order valence-electron chi connectivity index (χ4n) is 4.39. The number of halogens is 1. The van der Waals surface area contributed by atoms with E-state index in [1.54, 1.807) is 0 Å². The van der Waals surface area contributed by atoms with Crippen molar-refractivity contribution in [2.45, 2.75) is 48.1 Å². The molecule has 5 atom stereocenters. The lowest BCUT2D eigenvalue weighted by atomic mass is 9.52. The summed E-state index contributed by atoms with van der Waals surface area (Å²) in [6.45, 7) is 0. The highest BCUT2D eigenvalue weighted by molar-refractivity contribution is 9.10. The maximum absolute atomic E-state index is 11.1. The van der Waals surface area contributed by atoms with Gasteiger partial charge in [-0.05, 0) is 43.9 Å². The second kappa shape index (κ2) is 2.74. The molecule has 0 aromatic carbocycles. The van der Waals surface area contributed by atoms with Gasteiger partial charge in [0.1, 0.15) is 5.60 Å². The van der Waals surface area contributed by atoms with Crippen LogP contribution in [0.1, 0.15) is 32.1 Å². The number of aliphatic hydroxyl groups is 1. The molecule has 4 saturated carbocycles. The highest BCUT2D eigenvalue weighted by Crippen LogP contribution is 2.61. The first-order valence-electron chi connectivity index (χ1n) is 5.48. The molecule has 0 spiro atoms. The minimum Gasteiger partial charge on any atom is -0.383 e. The molecule has 4 bridgehead atoms. The Kier molecular flexibility index (Phi) is 1.83. The third-order valence-corrected chi connectivity index (χ3v) is 5.50. The minimum atomic E-state index is -1.04. The Balaban J connectivity index is 2.05. The van der Waals surface area contributed by atoms with Crippen LogP contribution in [0.2, 0.25) is 0 Å². The molecule has 4 rings (SSSR count). The predicted octanol–water partition coefficient (Wildman–Crippen LogP) is 1.72. The highest BCUT2D eigenvalue weighted by atomic mass is 79.9. The van der Waals surface area contributed by atoms with E-state index in [0.29, 0.717) is 24.7 Å². The zero-order chi connectivity index (χ0) is 10.8. The monoisotopic (exact) mass is 275 g/mol. The predicted molar refractivity (Wildman–Crippen MR) is 57.5 cm³/mol. The Labute approximate surface area is 96.3 Å². The molecule has 4 aliphatic carbocycles. The van der Waals surface area contributed by atoms with Crippen LogP contribution in [-0.4, -0.2) is 26.0 Å². The lowest BCUT2D eigenvalue weighted by Crippen LogP contribution is -2.69. The van der Waals surface area contributed by atoms with E-state index in [9.17, 15) is 15.2 Å². The molecule has 2 unspecified atom stereocenters. The van der Waals surface area contributed by atoms with Gasteiger partial charge in [0.2, 0.25) is 0 Å². The van der Waals surface area contributed by atoms with Crippen LogP contribution >= 0.6 is 15.9 Å². The molecule has 0 aliphatic heterocycles. The second-order valence-electron chi connectivity index (χ2n) is 5.61. The van der Waals surface area contributed by atoms with Crippen LogP contribution in [0.3, 0.4) is 0 Å². The molecule has 1 N–H and O–H groups in total. The molecule has 0 aromatic heterocycles.